The second kappa shape index (κ2) is 7.96. The summed E-state index contributed by atoms with van der Waals surface area (Å²) in [6.45, 7) is 3.03. The average Bonchev–Trinajstić information content (AvgIpc) is 2.68. The first-order valence-electron chi connectivity index (χ1n) is 8.94. The van der Waals surface area contributed by atoms with Crippen LogP contribution in [-0.2, 0) is 21.4 Å². The van der Waals surface area contributed by atoms with E-state index in [-0.39, 0.29) is 23.0 Å². The van der Waals surface area contributed by atoms with Gasteiger partial charge in [0.15, 0.2) is 0 Å². The Morgan fingerprint density at radius 1 is 1.04 bits per heavy atom. The normalized spacial score (nSPS) is 14.8. The van der Waals surface area contributed by atoms with Gasteiger partial charge in [-0.05, 0) is 50.5 Å². The summed E-state index contributed by atoms with van der Waals surface area (Å²) in [6.07, 6.45) is 3.05. The van der Waals surface area contributed by atoms with E-state index in [1.165, 1.54) is 22.8 Å². The van der Waals surface area contributed by atoms with Crippen LogP contribution in [0.5, 0.6) is 0 Å². The molecule has 1 saturated heterocycles. The van der Waals surface area contributed by atoms with Crippen molar-refractivity contribution in [1.29, 1.82) is 0 Å². The van der Waals surface area contributed by atoms with Crippen molar-refractivity contribution in [1.82, 2.24) is 9.47 Å². The minimum Gasteiger partial charge on any atom is -0.341 e. The van der Waals surface area contributed by atoms with Crippen LogP contribution < -0.4 is 10.3 Å². The van der Waals surface area contributed by atoms with Gasteiger partial charge < -0.3 is 9.47 Å². The molecule has 1 N–H and O–H groups in total. The van der Waals surface area contributed by atoms with Crippen LogP contribution in [0.15, 0.2) is 52.2 Å². The van der Waals surface area contributed by atoms with Crippen LogP contribution in [0, 0.1) is 6.92 Å². The lowest BCUT2D eigenvalue weighted by atomic mass is 10.1. The highest BCUT2D eigenvalue weighted by molar-refractivity contribution is 7.92. The van der Waals surface area contributed by atoms with Gasteiger partial charge in [-0.25, -0.2) is 8.42 Å². The number of nitrogens with zero attached hydrogens (tertiary/aromatic N) is 2. The molecule has 2 heterocycles. The summed E-state index contributed by atoms with van der Waals surface area (Å²) in [5, 5.41) is 0. The van der Waals surface area contributed by atoms with E-state index in [2.05, 4.69) is 4.72 Å². The molecule has 0 bridgehead atoms. The maximum absolute atomic E-state index is 12.8. The summed E-state index contributed by atoms with van der Waals surface area (Å²) in [7, 11) is -3.87. The van der Waals surface area contributed by atoms with E-state index in [9.17, 15) is 18.0 Å². The van der Waals surface area contributed by atoms with Gasteiger partial charge in [-0.1, -0.05) is 18.2 Å². The Hall–Kier alpha value is -2.61. The molecule has 1 aliphatic rings. The Morgan fingerprint density at radius 2 is 1.70 bits per heavy atom. The zero-order valence-electron chi connectivity index (χ0n) is 15.2. The Bertz CT molecular complexity index is 978. The standard InChI is InChI=1S/C19H23N3O4S/c1-15-10-11-17(20-27(25,26)16-8-4-2-5-9-16)19(24)22(15)14-18(23)21-12-6-3-7-13-21/h2,4-5,8-11,20H,3,6-7,12-14H2,1H3. The predicted octanol–water partition coefficient (Wildman–Crippen LogP) is 1.97. The molecule has 1 aliphatic heterocycles. The van der Waals surface area contributed by atoms with Crippen molar-refractivity contribution in [2.45, 2.75) is 37.6 Å². The Morgan fingerprint density at radius 3 is 2.37 bits per heavy atom. The van der Waals surface area contributed by atoms with Gasteiger partial charge in [0.25, 0.3) is 15.6 Å². The summed E-state index contributed by atoms with van der Waals surface area (Å²) in [5.74, 6) is -0.122. The summed E-state index contributed by atoms with van der Waals surface area (Å²) in [5.41, 5.74) is 0.00350. The highest BCUT2D eigenvalue weighted by Gasteiger charge is 2.20. The third-order valence-electron chi connectivity index (χ3n) is 4.69. The topological polar surface area (TPSA) is 88.5 Å². The first kappa shape index (κ1) is 19.2. The molecule has 8 heteroatoms. The van der Waals surface area contributed by atoms with Gasteiger partial charge in [0.2, 0.25) is 5.91 Å². The maximum atomic E-state index is 12.8. The zero-order valence-corrected chi connectivity index (χ0v) is 16.0. The fourth-order valence-electron chi connectivity index (χ4n) is 3.13. The Labute approximate surface area is 158 Å². The number of amides is 1. The molecule has 144 valence electrons. The van der Waals surface area contributed by atoms with Crippen LogP contribution in [0.2, 0.25) is 0 Å². The molecule has 7 nitrogen and oxygen atoms in total. The minimum absolute atomic E-state index is 0.0703. The number of hydrogen-bond acceptors (Lipinski definition) is 4. The van der Waals surface area contributed by atoms with Crippen molar-refractivity contribution < 1.29 is 13.2 Å². The molecule has 1 fully saturated rings. The summed E-state index contributed by atoms with van der Waals surface area (Å²) in [6, 6.07) is 10.9. The summed E-state index contributed by atoms with van der Waals surface area (Å²) >= 11 is 0. The van der Waals surface area contributed by atoms with E-state index >= 15 is 0 Å². The van der Waals surface area contributed by atoms with Crippen molar-refractivity contribution in [2.75, 3.05) is 17.8 Å². The van der Waals surface area contributed by atoms with Crippen LogP contribution in [0.25, 0.3) is 0 Å². The number of carbonyl (C=O) groups is 1. The molecule has 3 rings (SSSR count). The molecular formula is C19H23N3O4S. The number of anilines is 1. The highest BCUT2D eigenvalue weighted by Crippen LogP contribution is 2.14. The zero-order chi connectivity index (χ0) is 19.4. The smallest absolute Gasteiger partial charge is 0.275 e. The molecule has 0 saturated carbocycles. The first-order chi connectivity index (χ1) is 12.9. The second-order valence-corrected chi connectivity index (χ2v) is 8.32. The lowest BCUT2D eigenvalue weighted by Gasteiger charge is -2.27. The van der Waals surface area contributed by atoms with Crippen molar-refractivity contribution >= 4 is 21.6 Å². The largest absolute Gasteiger partial charge is 0.341 e. The SMILES string of the molecule is Cc1ccc(NS(=O)(=O)c2ccccc2)c(=O)n1CC(=O)N1CCCCC1. The van der Waals surface area contributed by atoms with Gasteiger partial charge in [-0.3, -0.25) is 14.3 Å². The van der Waals surface area contributed by atoms with Gasteiger partial charge >= 0.3 is 0 Å². The van der Waals surface area contributed by atoms with Crippen LogP contribution in [0.3, 0.4) is 0 Å². The number of nitrogens with one attached hydrogen (secondary N) is 1. The highest BCUT2D eigenvalue weighted by atomic mass is 32.2. The fourth-order valence-corrected chi connectivity index (χ4v) is 4.21. The van der Waals surface area contributed by atoms with E-state index in [0.717, 1.165) is 19.3 Å². The molecule has 0 radical (unpaired) electrons. The molecular weight excluding hydrogens is 366 g/mol. The number of likely N-dealkylation sites (tertiary alicyclic amines) is 1. The number of aromatic nitrogens is 1. The number of rotatable bonds is 5. The molecule has 0 unspecified atom stereocenters. The van der Waals surface area contributed by atoms with Gasteiger partial charge in [-0.2, -0.15) is 0 Å². The molecule has 2 aromatic rings. The van der Waals surface area contributed by atoms with Crippen LogP contribution in [0.4, 0.5) is 5.69 Å². The van der Waals surface area contributed by atoms with Gasteiger partial charge in [0, 0.05) is 18.8 Å². The van der Waals surface area contributed by atoms with Crippen molar-refractivity contribution in [3.63, 3.8) is 0 Å². The molecule has 0 spiro atoms. The number of aryl methyl sites for hydroxylation is 1. The minimum atomic E-state index is -3.87. The van der Waals surface area contributed by atoms with Crippen molar-refractivity contribution in [2.24, 2.45) is 0 Å². The third-order valence-corrected chi connectivity index (χ3v) is 6.07. The summed E-state index contributed by atoms with van der Waals surface area (Å²) < 4.78 is 28.6. The van der Waals surface area contributed by atoms with Crippen molar-refractivity contribution in [3.8, 4) is 0 Å². The number of piperidine rings is 1. The molecule has 27 heavy (non-hydrogen) atoms. The average molecular weight is 389 g/mol. The van der Waals surface area contributed by atoms with E-state index in [1.807, 2.05) is 0 Å². The van der Waals surface area contributed by atoms with Crippen molar-refractivity contribution in [3.05, 3.63) is 58.5 Å². The lowest BCUT2D eigenvalue weighted by molar-refractivity contribution is -0.132. The second-order valence-electron chi connectivity index (χ2n) is 6.64. The van der Waals surface area contributed by atoms with E-state index < -0.39 is 15.6 Å². The summed E-state index contributed by atoms with van der Waals surface area (Å²) in [4.78, 5) is 27.1. The van der Waals surface area contributed by atoms with E-state index in [0.29, 0.717) is 18.8 Å². The van der Waals surface area contributed by atoms with Crippen LogP contribution in [-0.4, -0.2) is 36.9 Å². The van der Waals surface area contributed by atoms with Gasteiger partial charge in [0.05, 0.1) is 4.90 Å². The van der Waals surface area contributed by atoms with Crippen LogP contribution in [0.1, 0.15) is 25.0 Å². The molecule has 1 aromatic carbocycles. The third kappa shape index (κ3) is 4.39. The van der Waals surface area contributed by atoms with E-state index in [4.69, 9.17) is 0 Å². The predicted molar refractivity (Wildman–Crippen MR) is 103 cm³/mol. The monoisotopic (exact) mass is 389 g/mol. The lowest BCUT2D eigenvalue weighted by Crippen LogP contribution is -2.40. The van der Waals surface area contributed by atoms with E-state index in [1.54, 1.807) is 36.1 Å². The first-order valence-corrected chi connectivity index (χ1v) is 10.4. The number of sulfonamides is 1. The number of carbonyl (C=O) groups excluding carboxylic acids is 1. The Balaban J connectivity index is 1.85. The molecule has 0 aliphatic carbocycles. The molecule has 1 aromatic heterocycles. The molecule has 1 amide bonds. The number of benzene rings is 1. The Kier molecular flexibility index (Phi) is 5.65. The van der Waals surface area contributed by atoms with Gasteiger partial charge in [-0.15, -0.1) is 0 Å². The molecule has 0 atom stereocenters. The maximum Gasteiger partial charge on any atom is 0.275 e. The quantitative estimate of drug-likeness (QED) is 0.847. The fraction of sp³-hybridized carbons (Fsp3) is 0.368. The van der Waals surface area contributed by atoms with Gasteiger partial charge in [0.1, 0.15) is 12.2 Å². The number of pyridine rings is 1. The number of hydrogen-bond donors (Lipinski definition) is 1. The van der Waals surface area contributed by atoms with Crippen LogP contribution >= 0.6 is 0 Å².